The van der Waals surface area contributed by atoms with Gasteiger partial charge in [0.2, 0.25) is 5.52 Å². The monoisotopic (exact) mass is 556 g/mol. The average Bonchev–Trinajstić information content (AvgIpc) is 3.13. The van der Waals surface area contributed by atoms with Gasteiger partial charge in [0.05, 0.1) is 4.92 Å². The van der Waals surface area contributed by atoms with Crippen molar-refractivity contribution in [3.8, 4) is 0 Å². The molecule has 0 aliphatic heterocycles. The number of nitrogens with zero attached hydrogens (tertiary/aromatic N) is 3. The summed E-state index contributed by atoms with van der Waals surface area (Å²) in [7, 11) is 4.04. The van der Waals surface area contributed by atoms with Crippen LogP contribution in [0.5, 0.6) is 0 Å². The van der Waals surface area contributed by atoms with E-state index in [2.05, 4.69) is 87.5 Å². The molecule has 7 heteroatoms. The predicted molar refractivity (Wildman–Crippen MR) is 142 cm³/mol. The Labute approximate surface area is 204 Å². The Morgan fingerprint density at radius 3 is 2.25 bits per heavy atom. The topological polar surface area (TPSA) is 50.3 Å². The SMILES string of the molecule is Cc1ccc2c(c1)sc(/C=C(\c1ccc(N(C)C)cc1)c1ccc([N+](=O)[O-])cc1)[n+]2CI. The van der Waals surface area contributed by atoms with Crippen LogP contribution in [0.1, 0.15) is 21.7 Å². The summed E-state index contributed by atoms with van der Waals surface area (Å²) in [5.41, 5.74) is 6.72. The quantitative estimate of drug-likeness (QED) is 0.0902. The van der Waals surface area contributed by atoms with Crippen molar-refractivity contribution in [2.75, 3.05) is 19.0 Å². The minimum absolute atomic E-state index is 0.0933. The Morgan fingerprint density at radius 1 is 1.06 bits per heavy atom. The number of rotatable bonds is 6. The molecular formula is C25H23IN3O2S+. The van der Waals surface area contributed by atoms with Gasteiger partial charge in [-0.15, -0.1) is 0 Å². The molecule has 4 rings (SSSR count). The van der Waals surface area contributed by atoms with E-state index < -0.39 is 0 Å². The number of thiazole rings is 1. The van der Waals surface area contributed by atoms with Gasteiger partial charge in [-0.05, 0) is 82.1 Å². The van der Waals surface area contributed by atoms with Crippen molar-refractivity contribution in [2.24, 2.45) is 0 Å². The first kappa shape index (κ1) is 22.4. The minimum atomic E-state index is -0.364. The molecule has 0 amide bonds. The van der Waals surface area contributed by atoms with Crippen LogP contribution in [0.3, 0.4) is 0 Å². The van der Waals surface area contributed by atoms with Crippen molar-refractivity contribution in [1.82, 2.24) is 0 Å². The lowest BCUT2D eigenvalue weighted by Crippen LogP contribution is -2.32. The third-order valence-electron chi connectivity index (χ3n) is 5.36. The first-order valence-electron chi connectivity index (χ1n) is 10.1. The van der Waals surface area contributed by atoms with E-state index in [1.807, 2.05) is 26.2 Å². The minimum Gasteiger partial charge on any atom is -0.378 e. The molecule has 3 aromatic carbocycles. The zero-order valence-electron chi connectivity index (χ0n) is 18.1. The van der Waals surface area contributed by atoms with E-state index in [1.54, 1.807) is 23.5 Å². The lowest BCUT2D eigenvalue weighted by molar-refractivity contribution is -0.641. The van der Waals surface area contributed by atoms with Gasteiger partial charge < -0.3 is 4.90 Å². The summed E-state index contributed by atoms with van der Waals surface area (Å²) in [6.45, 7) is 2.11. The molecule has 1 aromatic heterocycles. The van der Waals surface area contributed by atoms with Crippen molar-refractivity contribution in [3.63, 3.8) is 0 Å². The third-order valence-corrected chi connectivity index (χ3v) is 7.13. The number of hydrogen-bond donors (Lipinski definition) is 0. The largest absolute Gasteiger partial charge is 0.378 e. The number of fused-ring (bicyclic) bond motifs is 1. The van der Waals surface area contributed by atoms with E-state index in [4.69, 9.17) is 0 Å². The molecule has 32 heavy (non-hydrogen) atoms. The van der Waals surface area contributed by atoms with Gasteiger partial charge in [0.25, 0.3) is 10.7 Å². The van der Waals surface area contributed by atoms with Gasteiger partial charge in [0, 0.05) is 44.1 Å². The van der Waals surface area contributed by atoms with E-state index in [9.17, 15) is 10.1 Å². The van der Waals surface area contributed by atoms with Crippen molar-refractivity contribution < 1.29 is 9.49 Å². The summed E-state index contributed by atoms with van der Waals surface area (Å²) in [5.74, 6) is 0. The van der Waals surface area contributed by atoms with Crippen LogP contribution in [0.4, 0.5) is 11.4 Å². The predicted octanol–water partition coefficient (Wildman–Crippen LogP) is 6.45. The highest BCUT2D eigenvalue weighted by molar-refractivity contribution is 14.1. The normalized spacial score (nSPS) is 11.7. The zero-order valence-corrected chi connectivity index (χ0v) is 21.1. The van der Waals surface area contributed by atoms with Gasteiger partial charge in [-0.2, -0.15) is 4.57 Å². The van der Waals surface area contributed by atoms with Crippen LogP contribution in [0.15, 0.2) is 66.7 Å². The van der Waals surface area contributed by atoms with Crippen LogP contribution in [0.25, 0.3) is 21.9 Å². The molecule has 0 N–H and O–H groups in total. The number of alkyl halides is 1. The first-order chi connectivity index (χ1) is 15.4. The number of hydrogen-bond acceptors (Lipinski definition) is 4. The maximum atomic E-state index is 11.1. The molecule has 0 bridgehead atoms. The lowest BCUT2D eigenvalue weighted by atomic mass is 9.97. The van der Waals surface area contributed by atoms with Gasteiger partial charge in [-0.3, -0.25) is 10.1 Å². The molecule has 0 radical (unpaired) electrons. The Bertz CT molecular complexity index is 1310. The van der Waals surface area contributed by atoms with Crippen molar-refractivity contribution in [1.29, 1.82) is 0 Å². The second-order valence-corrected chi connectivity index (χ2v) is 9.51. The fourth-order valence-electron chi connectivity index (χ4n) is 3.60. The maximum absolute atomic E-state index is 11.1. The van der Waals surface area contributed by atoms with Gasteiger partial charge >= 0.3 is 0 Å². The summed E-state index contributed by atoms with van der Waals surface area (Å²) < 4.78 is 4.39. The molecule has 1 heterocycles. The summed E-state index contributed by atoms with van der Waals surface area (Å²) >= 11 is 4.15. The molecule has 0 aliphatic rings. The number of nitro groups is 1. The molecule has 5 nitrogen and oxygen atoms in total. The zero-order chi connectivity index (χ0) is 22.8. The number of nitro benzene ring substituents is 1. The molecule has 162 valence electrons. The summed E-state index contributed by atoms with van der Waals surface area (Å²) in [5, 5.41) is 12.3. The van der Waals surface area contributed by atoms with Crippen LogP contribution in [0, 0.1) is 17.0 Å². The van der Waals surface area contributed by atoms with Crippen molar-refractivity contribution in [3.05, 3.63) is 98.5 Å². The van der Waals surface area contributed by atoms with Gasteiger partial charge in [0.15, 0.2) is 4.55 Å². The fraction of sp³-hybridized carbons (Fsp3) is 0.160. The van der Waals surface area contributed by atoms with Crippen molar-refractivity contribution >= 4 is 67.2 Å². The average molecular weight is 556 g/mol. The Kier molecular flexibility index (Phi) is 6.57. The molecule has 0 spiro atoms. The second kappa shape index (κ2) is 9.38. The highest BCUT2D eigenvalue weighted by Gasteiger charge is 2.20. The highest BCUT2D eigenvalue weighted by atomic mass is 127. The van der Waals surface area contributed by atoms with Gasteiger partial charge in [-0.1, -0.05) is 29.5 Å². The van der Waals surface area contributed by atoms with E-state index in [0.717, 1.165) is 31.9 Å². The molecule has 0 fully saturated rings. The standard InChI is InChI=1S/C25H23IN3O2S/c1-17-4-13-23-24(14-17)32-25(28(23)16-26)15-22(18-5-9-20(10-6-18)27(2)3)19-7-11-21(12-8-19)29(30)31/h4-15H,16H2,1-3H3/q+1. The summed E-state index contributed by atoms with van der Waals surface area (Å²) in [4.78, 5) is 12.8. The highest BCUT2D eigenvalue weighted by Crippen LogP contribution is 2.31. The van der Waals surface area contributed by atoms with Gasteiger partial charge in [-0.25, -0.2) is 0 Å². The van der Waals surface area contributed by atoms with Crippen LogP contribution >= 0.6 is 33.9 Å². The van der Waals surface area contributed by atoms with Crippen molar-refractivity contribution in [2.45, 2.75) is 11.5 Å². The molecule has 0 saturated heterocycles. The number of non-ortho nitro benzene ring substituents is 1. The molecule has 0 unspecified atom stereocenters. The lowest BCUT2D eigenvalue weighted by Gasteiger charge is -2.14. The van der Waals surface area contributed by atoms with Crippen LogP contribution < -0.4 is 9.47 Å². The van der Waals surface area contributed by atoms with Crippen LogP contribution in [-0.2, 0) is 4.55 Å². The Morgan fingerprint density at radius 2 is 1.69 bits per heavy atom. The van der Waals surface area contributed by atoms with Crippen LogP contribution in [-0.4, -0.2) is 19.0 Å². The number of halogens is 1. The number of aromatic nitrogens is 1. The van der Waals surface area contributed by atoms with E-state index in [1.165, 1.54) is 15.8 Å². The Balaban J connectivity index is 1.90. The fourth-order valence-corrected chi connectivity index (χ4v) is 5.77. The number of anilines is 1. The number of aryl methyl sites for hydroxylation is 1. The van der Waals surface area contributed by atoms with E-state index >= 15 is 0 Å². The van der Waals surface area contributed by atoms with Gasteiger partial charge in [0.1, 0.15) is 4.70 Å². The third kappa shape index (κ3) is 4.54. The number of benzene rings is 3. The molecule has 0 atom stereocenters. The van der Waals surface area contributed by atoms with Crippen LogP contribution in [0.2, 0.25) is 0 Å². The van der Waals surface area contributed by atoms with E-state index in [0.29, 0.717) is 0 Å². The molecular weight excluding hydrogens is 533 g/mol. The first-order valence-corrected chi connectivity index (χ1v) is 12.4. The summed E-state index contributed by atoms with van der Waals surface area (Å²) in [6, 6.07) is 21.7. The molecule has 0 aliphatic carbocycles. The van der Waals surface area contributed by atoms with E-state index in [-0.39, 0.29) is 10.6 Å². The summed E-state index contributed by atoms with van der Waals surface area (Å²) in [6.07, 6.45) is 2.20. The second-order valence-electron chi connectivity index (χ2n) is 7.76. The smallest absolute Gasteiger partial charge is 0.269 e. The Hall–Kier alpha value is -2.78. The molecule has 0 saturated carbocycles. The maximum Gasteiger partial charge on any atom is 0.269 e. The molecule has 4 aromatic rings.